The molecule has 0 rings (SSSR count). The minimum absolute atomic E-state index is 0.0638. The average Bonchev–Trinajstić information content (AvgIpc) is 3.12. The van der Waals surface area contributed by atoms with Crippen LogP contribution in [-0.4, -0.2) is 37.2 Å². The molecule has 0 aromatic heterocycles. The second-order valence-corrected chi connectivity index (χ2v) is 15.3. The Kier molecular flexibility index (Phi) is 39.9. The summed E-state index contributed by atoms with van der Waals surface area (Å²) in [6, 6.07) is 0. The number of hydrogen-bond acceptors (Lipinski definition) is 6. The molecule has 51 heavy (non-hydrogen) atoms. The SMILES string of the molecule is CCCCCCCCCCCCCCCCC(=O)OC[C@H](COC(=O)CCCCCCC)OC(=O)CCCCCCCCCCCCCCCC. The van der Waals surface area contributed by atoms with Gasteiger partial charge in [0.2, 0.25) is 0 Å². The molecular weight excluding hydrogens is 636 g/mol. The van der Waals surface area contributed by atoms with Crippen LogP contribution >= 0.6 is 0 Å². The zero-order valence-corrected chi connectivity index (χ0v) is 34.4. The summed E-state index contributed by atoms with van der Waals surface area (Å²) in [6.45, 7) is 6.57. The normalized spacial score (nSPS) is 11.8. The first-order valence-corrected chi connectivity index (χ1v) is 22.5. The molecule has 0 spiro atoms. The van der Waals surface area contributed by atoms with E-state index in [9.17, 15) is 14.4 Å². The highest BCUT2D eigenvalue weighted by Gasteiger charge is 2.19. The fraction of sp³-hybridized carbons (Fsp3) is 0.933. The van der Waals surface area contributed by atoms with Gasteiger partial charge in [-0.15, -0.1) is 0 Å². The Bertz CT molecular complexity index is 753. The first-order valence-electron chi connectivity index (χ1n) is 22.5. The van der Waals surface area contributed by atoms with Crippen LogP contribution in [0.2, 0.25) is 0 Å². The van der Waals surface area contributed by atoms with Crippen LogP contribution < -0.4 is 0 Å². The van der Waals surface area contributed by atoms with Gasteiger partial charge in [0.25, 0.3) is 0 Å². The molecule has 0 aliphatic rings. The van der Waals surface area contributed by atoms with E-state index < -0.39 is 6.10 Å². The smallest absolute Gasteiger partial charge is 0.306 e. The van der Waals surface area contributed by atoms with Crippen molar-refractivity contribution in [1.29, 1.82) is 0 Å². The lowest BCUT2D eigenvalue weighted by Crippen LogP contribution is -2.30. The molecule has 0 amide bonds. The summed E-state index contributed by atoms with van der Waals surface area (Å²) in [4.78, 5) is 37.4. The van der Waals surface area contributed by atoms with Gasteiger partial charge in [-0.1, -0.05) is 213 Å². The Labute approximate surface area is 317 Å². The van der Waals surface area contributed by atoms with E-state index in [0.717, 1.165) is 64.2 Å². The fourth-order valence-corrected chi connectivity index (χ4v) is 6.68. The van der Waals surface area contributed by atoms with Crippen LogP contribution in [0.25, 0.3) is 0 Å². The first kappa shape index (κ1) is 49.4. The van der Waals surface area contributed by atoms with Gasteiger partial charge in [-0.05, 0) is 19.3 Å². The van der Waals surface area contributed by atoms with Crippen molar-refractivity contribution in [1.82, 2.24) is 0 Å². The minimum Gasteiger partial charge on any atom is -0.462 e. The van der Waals surface area contributed by atoms with Crippen LogP contribution in [0.5, 0.6) is 0 Å². The Morgan fingerprint density at radius 1 is 0.314 bits per heavy atom. The lowest BCUT2D eigenvalue weighted by Gasteiger charge is -2.18. The van der Waals surface area contributed by atoms with Crippen molar-refractivity contribution in [3.63, 3.8) is 0 Å². The predicted molar refractivity (Wildman–Crippen MR) is 215 cm³/mol. The number of hydrogen-bond donors (Lipinski definition) is 0. The van der Waals surface area contributed by atoms with Crippen LogP contribution in [0.3, 0.4) is 0 Å². The van der Waals surface area contributed by atoms with Crippen molar-refractivity contribution in [2.45, 2.75) is 258 Å². The topological polar surface area (TPSA) is 78.9 Å². The lowest BCUT2D eigenvalue weighted by atomic mass is 10.0. The molecule has 0 aliphatic heterocycles. The molecule has 6 nitrogen and oxygen atoms in total. The molecule has 0 fully saturated rings. The van der Waals surface area contributed by atoms with Crippen molar-refractivity contribution < 1.29 is 28.6 Å². The fourth-order valence-electron chi connectivity index (χ4n) is 6.68. The second-order valence-electron chi connectivity index (χ2n) is 15.3. The van der Waals surface area contributed by atoms with Crippen LogP contribution in [0.1, 0.15) is 252 Å². The molecule has 0 bridgehead atoms. The van der Waals surface area contributed by atoms with Gasteiger partial charge in [-0.3, -0.25) is 14.4 Å². The zero-order chi connectivity index (χ0) is 37.3. The van der Waals surface area contributed by atoms with Gasteiger partial charge in [0.15, 0.2) is 6.10 Å². The molecule has 0 N–H and O–H groups in total. The number of unbranched alkanes of at least 4 members (excludes halogenated alkanes) is 30. The van der Waals surface area contributed by atoms with Gasteiger partial charge >= 0.3 is 17.9 Å². The molecule has 0 aromatic rings. The Morgan fingerprint density at radius 3 is 0.784 bits per heavy atom. The number of ether oxygens (including phenoxy) is 3. The monoisotopic (exact) mass is 723 g/mol. The van der Waals surface area contributed by atoms with Crippen LogP contribution in [-0.2, 0) is 28.6 Å². The van der Waals surface area contributed by atoms with E-state index in [0.29, 0.717) is 19.3 Å². The Hall–Kier alpha value is -1.59. The standard InChI is InChI=1S/C45H86O6/c1-4-7-10-13-15-17-19-21-23-25-27-29-32-35-38-44(47)50-41-42(40-49-43(46)37-34-31-12-9-6-3)51-45(48)39-36-33-30-28-26-24-22-20-18-16-14-11-8-5-2/h42H,4-41H2,1-3H3/t42-/m0/s1. The highest BCUT2D eigenvalue weighted by Crippen LogP contribution is 2.16. The van der Waals surface area contributed by atoms with Crippen LogP contribution in [0, 0.1) is 0 Å². The Balaban J connectivity index is 4.18. The molecular formula is C45H86O6. The maximum atomic E-state index is 12.6. The number of carbonyl (C=O) groups excluding carboxylic acids is 3. The van der Waals surface area contributed by atoms with Crippen molar-refractivity contribution >= 4 is 17.9 Å². The minimum atomic E-state index is -0.756. The van der Waals surface area contributed by atoms with Crippen molar-refractivity contribution in [3.8, 4) is 0 Å². The van der Waals surface area contributed by atoms with E-state index in [4.69, 9.17) is 14.2 Å². The third kappa shape index (κ3) is 39.5. The summed E-state index contributed by atoms with van der Waals surface area (Å²) in [5, 5.41) is 0. The van der Waals surface area contributed by atoms with Crippen LogP contribution in [0.4, 0.5) is 0 Å². The summed E-state index contributed by atoms with van der Waals surface area (Å²) in [5.41, 5.74) is 0. The number of esters is 3. The maximum absolute atomic E-state index is 12.6. The second kappa shape index (κ2) is 41.2. The third-order valence-corrected chi connectivity index (χ3v) is 10.1. The Morgan fingerprint density at radius 2 is 0.529 bits per heavy atom. The molecule has 0 saturated heterocycles. The van der Waals surface area contributed by atoms with E-state index in [-0.39, 0.29) is 31.1 Å². The number of rotatable bonds is 41. The zero-order valence-electron chi connectivity index (χ0n) is 34.4. The largest absolute Gasteiger partial charge is 0.462 e. The lowest BCUT2D eigenvalue weighted by molar-refractivity contribution is -0.167. The summed E-state index contributed by atoms with van der Waals surface area (Å²) >= 11 is 0. The highest BCUT2D eigenvalue weighted by atomic mass is 16.6. The molecule has 0 radical (unpaired) electrons. The molecule has 0 saturated carbocycles. The van der Waals surface area contributed by atoms with Gasteiger partial charge in [-0.25, -0.2) is 0 Å². The van der Waals surface area contributed by atoms with Gasteiger partial charge in [0, 0.05) is 19.3 Å². The van der Waals surface area contributed by atoms with Crippen molar-refractivity contribution in [2.75, 3.05) is 13.2 Å². The quantitative estimate of drug-likeness (QED) is 0.0355. The molecule has 1 atom stereocenters. The van der Waals surface area contributed by atoms with E-state index in [1.807, 2.05) is 0 Å². The van der Waals surface area contributed by atoms with Crippen molar-refractivity contribution in [2.24, 2.45) is 0 Å². The van der Waals surface area contributed by atoms with Gasteiger partial charge in [0.05, 0.1) is 0 Å². The number of carbonyl (C=O) groups is 3. The maximum Gasteiger partial charge on any atom is 0.306 e. The molecule has 0 aliphatic carbocycles. The highest BCUT2D eigenvalue weighted by molar-refractivity contribution is 5.71. The summed E-state index contributed by atoms with van der Waals surface area (Å²) in [6.07, 6.45) is 41.1. The van der Waals surface area contributed by atoms with Gasteiger partial charge < -0.3 is 14.2 Å². The third-order valence-electron chi connectivity index (χ3n) is 10.1. The molecule has 6 heteroatoms. The van der Waals surface area contributed by atoms with E-state index in [1.165, 1.54) is 148 Å². The van der Waals surface area contributed by atoms with E-state index in [2.05, 4.69) is 20.8 Å². The van der Waals surface area contributed by atoms with Gasteiger partial charge in [-0.2, -0.15) is 0 Å². The summed E-state index contributed by atoms with van der Waals surface area (Å²) in [5.74, 6) is -0.866. The molecule has 0 unspecified atom stereocenters. The molecule has 302 valence electrons. The van der Waals surface area contributed by atoms with E-state index >= 15 is 0 Å². The predicted octanol–water partition coefficient (Wildman–Crippen LogP) is 14.1. The van der Waals surface area contributed by atoms with Gasteiger partial charge in [0.1, 0.15) is 13.2 Å². The average molecular weight is 723 g/mol. The molecule has 0 heterocycles. The summed E-state index contributed by atoms with van der Waals surface area (Å²) in [7, 11) is 0. The van der Waals surface area contributed by atoms with E-state index in [1.54, 1.807) is 0 Å². The summed E-state index contributed by atoms with van der Waals surface area (Å²) < 4.78 is 16.6. The van der Waals surface area contributed by atoms with Crippen LogP contribution in [0.15, 0.2) is 0 Å². The molecule has 0 aromatic carbocycles. The first-order chi connectivity index (χ1) is 25.0. The van der Waals surface area contributed by atoms with Crippen molar-refractivity contribution in [3.05, 3.63) is 0 Å².